The molecular weight excluding hydrogens is 200 g/mol. The molecule has 0 radical (unpaired) electrons. The first kappa shape index (κ1) is 13.0. The lowest BCUT2D eigenvalue weighted by Crippen LogP contribution is -2.31. The van der Waals surface area contributed by atoms with E-state index in [0.717, 1.165) is 19.0 Å². The molecule has 1 rings (SSSR count). The minimum atomic E-state index is 0.315. The van der Waals surface area contributed by atoms with Crippen molar-refractivity contribution in [2.75, 3.05) is 18.5 Å². The van der Waals surface area contributed by atoms with Crippen molar-refractivity contribution in [3.8, 4) is 0 Å². The number of pyridine rings is 1. The fourth-order valence-corrected chi connectivity index (χ4v) is 1.39. The van der Waals surface area contributed by atoms with Crippen LogP contribution in [0, 0.1) is 12.8 Å². The van der Waals surface area contributed by atoms with Crippen LogP contribution >= 0.6 is 0 Å². The van der Waals surface area contributed by atoms with Crippen LogP contribution in [0.4, 0.5) is 5.82 Å². The van der Waals surface area contributed by atoms with E-state index in [1.54, 1.807) is 0 Å². The predicted molar refractivity (Wildman–Crippen MR) is 67.7 cm³/mol. The lowest BCUT2D eigenvalue weighted by Gasteiger charge is -2.22. The van der Waals surface area contributed by atoms with E-state index >= 15 is 0 Å². The third kappa shape index (κ3) is 4.19. The number of anilines is 1. The van der Waals surface area contributed by atoms with Crippen LogP contribution in [0.1, 0.15) is 26.3 Å². The molecule has 0 bridgehead atoms. The van der Waals surface area contributed by atoms with E-state index in [2.05, 4.69) is 30.2 Å². The lowest BCUT2D eigenvalue weighted by molar-refractivity contribution is 0.126. The van der Waals surface area contributed by atoms with Crippen molar-refractivity contribution in [2.24, 2.45) is 5.92 Å². The van der Waals surface area contributed by atoms with Gasteiger partial charge in [0.2, 0.25) is 0 Å². The van der Waals surface area contributed by atoms with Gasteiger partial charge in [-0.15, -0.1) is 0 Å². The van der Waals surface area contributed by atoms with Gasteiger partial charge in [-0.25, -0.2) is 4.98 Å². The molecule has 1 heterocycles. The number of ether oxygens (including phenoxy) is 1. The quantitative estimate of drug-likeness (QED) is 0.803. The molecule has 0 amide bonds. The van der Waals surface area contributed by atoms with Gasteiger partial charge in [-0.1, -0.05) is 19.9 Å². The second-order valence-electron chi connectivity index (χ2n) is 4.38. The maximum absolute atomic E-state index is 5.46. The molecule has 1 atom stereocenters. The molecule has 0 aliphatic heterocycles. The standard InChI is InChI=1S/C13H22N2O/c1-5-16-9-12(10(2)3)15-13-7-6-11(4)8-14-13/h6-8,10,12H,5,9H2,1-4H3,(H,14,15). The SMILES string of the molecule is CCOCC(Nc1ccc(C)cn1)C(C)C. The smallest absolute Gasteiger partial charge is 0.126 e. The topological polar surface area (TPSA) is 34.1 Å². The maximum atomic E-state index is 5.46. The molecule has 0 saturated carbocycles. The molecule has 0 saturated heterocycles. The Hall–Kier alpha value is -1.09. The van der Waals surface area contributed by atoms with Crippen LogP contribution < -0.4 is 5.32 Å². The number of aryl methyl sites for hydroxylation is 1. The van der Waals surface area contributed by atoms with Gasteiger partial charge < -0.3 is 10.1 Å². The number of nitrogens with one attached hydrogen (secondary N) is 1. The first-order chi connectivity index (χ1) is 7.63. The van der Waals surface area contributed by atoms with E-state index in [1.165, 1.54) is 5.56 Å². The van der Waals surface area contributed by atoms with Crippen LogP contribution in [0.25, 0.3) is 0 Å². The van der Waals surface area contributed by atoms with Gasteiger partial charge in [0, 0.05) is 12.8 Å². The molecule has 0 aliphatic rings. The van der Waals surface area contributed by atoms with Gasteiger partial charge in [0.05, 0.1) is 12.6 Å². The van der Waals surface area contributed by atoms with Gasteiger partial charge in [-0.05, 0) is 31.4 Å². The molecule has 0 aromatic carbocycles. The van der Waals surface area contributed by atoms with Gasteiger partial charge in [0.15, 0.2) is 0 Å². The highest BCUT2D eigenvalue weighted by molar-refractivity contribution is 5.36. The molecule has 0 spiro atoms. The Kier molecular flexibility index (Phi) is 5.26. The van der Waals surface area contributed by atoms with Gasteiger partial charge >= 0.3 is 0 Å². The zero-order chi connectivity index (χ0) is 12.0. The molecule has 3 heteroatoms. The fraction of sp³-hybridized carbons (Fsp3) is 0.615. The van der Waals surface area contributed by atoms with Crippen molar-refractivity contribution in [3.05, 3.63) is 23.9 Å². The largest absolute Gasteiger partial charge is 0.380 e. The molecule has 1 aromatic heterocycles. The summed E-state index contributed by atoms with van der Waals surface area (Å²) in [5.74, 6) is 1.44. The van der Waals surface area contributed by atoms with Crippen molar-refractivity contribution in [3.63, 3.8) is 0 Å². The highest BCUT2D eigenvalue weighted by atomic mass is 16.5. The van der Waals surface area contributed by atoms with E-state index in [0.29, 0.717) is 12.0 Å². The summed E-state index contributed by atoms with van der Waals surface area (Å²) in [6.07, 6.45) is 1.88. The van der Waals surface area contributed by atoms with E-state index in [-0.39, 0.29) is 0 Å². The summed E-state index contributed by atoms with van der Waals surface area (Å²) >= 11 is 0. The molecule has 1 unspecified atom stereocenters. The third-order valence-corrected chi connectivity index (χ3v) is 2.55. The minimum absolute atomic E-state index is 0.315. The summed E-state index contributed by atoms with van der Waals surface area (Å²) < 4.78 is 5.46. The first-order valence-corrected chi connectivity index (χ1v) is 5.90. The normalized spacial score (nSPS) is 12.8. The van der Waals surface area contributed by atoms with Gasteiger partial charge in [-0.3, -0.25) is 0 Å². The number of hydrogen-bond acceptors (Lipinski definition) is 3. The monoisotopic (exact) mass is 222 g/mol. The minimum Gasteiger partial charge on any atom is -0.380 e. The van der Waals surface area contributed by atoms with E-state index in [9.17, 15) is 0 Å². The molecule has 1 aromatic rings. The predicted octanol–water partition coefficient (Wildman–Crippen LogP) is 2.86. The molecule has 90 valence electrons. The van der Waals surface area contributed by atoms with Crippen molar-refractivity contribution in [2.45, 2.75) is 33.7 Å². The fourth-order valence-electron chi connectivity index (χ4n) is 1.39. The average Bonchev–Trinajstić information content (AvgIpc) is 2.26. The second-order valence-corrected chi connectivity index (χ2v) is 4.38. The Morgan fingerprint density at radius 2 is 2.12 bits per heavy atom. The summed E-state index contributed by atoms with van der Waals surface area (Å²) in [4.78, 5) is 4.34. The highest BCUT2D eigenvalue weighted by Gasteiger charge is 2.13. The number of nitrogens with zero attached hydrogens (tertiary/aromatic N) is 1. The van der Waals surface area contributed by atoms with Crippen molar-refractivity contribution < 1.29 is 4.74 Å². The Labute approximate surface area is 98.2 Å². The average molecular weight is 222 g/mol. The lowest BCUT2D eigenvalue weighted by atomic mass is 10.1. The molecular formula is C13H22N2O. The Morgan fingerprint density at radius 1 is 1.38 bits per heavy atom. The van der Waals surface area contributed by atoms with Crippen molar-refractivity contribution in [1.82, 2.24) is 4.98 Å². The third-order valence-electron chi connectivity index (χ3n) is 2.55. The van der Waals surface area contributed by atoms with Crippen LogP contribution in [-0.2, 0) is 4.74 Å². The molecule has 1 N–H and O–H groups in total. The van der Waals surface area contributed by atoms with E-state index < -0.39 is 0 Å². The summed E-state index contributed by atoms with van der Waals surface area (Å²) in [5.41, 5.74) is 1.18. The summed E-state index contributed by atoms with van der Waals surface area (Å²) in [7, 11) is 0. The zero-order valence-electron chi connectivity index (χ0n) is 10.7. The van der Waals surface area contributed by atoms with Crippen LogP contribution in [0.3, 0.4) is 0 Å². The Bertz CT molecular complexity index is 295. The second kappa shape index (κ2) is 6.48. The zero-order valence-corrected chi connectivity index (χ0v) is 10.7. The van der Waals surface area contributed by atoms with Gasteiger partial charge in [-0.2, -0.15) is 0 Å². The highest BCUT2D eigenvalue weighted by Crippen LogP contribution is 2.11. The van der Waals surface area contributed by atoms with Crippen molar-refractivity contribution >= 4 is 5.82 Å². The molecule has 16 heavy (non-hydrogen) atoms. The van der Waals surface area contributed by atoms with Gasteiger partial charge in [0.1, 0.15) is 5.82 Å². The van der Waals surface area contributed by atoms with Crippen molar-refractivity contribution in [1.29, 1.82) is 0 Å². The molecule has 0 fully saturated rings. The maximum Gasteiger partial charge on any atom is 0.126 e. The van der Waals surface area contributed by atoms with Crippen LogP contribution in [-0.4, -0.2) is 24.2 Å². The summed E-state index contributed by atoms with van der Waals surface area (Å²) in [5, 5.41) is 3.40. The Morgan fingerprint density at radius 3 is 2.62 bits per heavy atom. The van der Waals surface area contributed by atoms with Crippen LogP contribution in [0.15, 0.2) is 18.3 Å². The number of rotatable bonds is 6. The van der Waals surface area contributed by atoms with Crippen LogP contribution in [0.2, 0.25) is 0 Å². The van der Waals surface area contributed by atoms with E-state index in [1.807, 2.05) is 26.1 Å². The summed E-state index contributed by atoms with van der Waals surface area (Å²) in [6, 6.07) is 4.39. The first-order valence-electron chi connectivity index (χ1n) is 5.90. The molecule has 3 nitrogen and oxygen atoms in total. The Balaban J connectivity index is 2.57. The van der Waals surface area contributed by atoms with Gasteiger partial charge in [0.25, 0.3) is 0 Å². The van der Waals surface area contributed by atoms with Crippen LogP contribution in [0.5, 0.6) is 0 Å². The van der Waals surface area contributed by atoms with E-state index in [4.69, 9.17) is 4.74 Å². The molecule has 0 aliphatic carbocycles. The number of aromatic nitrogens is 1. The summed E-state index contributed by atoms with van der Waals surface area (Å²) in [6.45, 7) is 9.91. The number of hydrogen-bond donors (Lipinski definition) is 1.